The molecule has 3 N–H and O–H groups in total. The van der Waals surface area contributed by atoms with Crippen LogP contribution in [0, 0.1) is 0 Å². The van der Waals surface area contributed by atoms with Crippen molar-refractivity contribution in [2.75, 3.05) is 18.9 Å². The third-order valence-corrected chi connectivity index (χ3v) is 4.26. The summed E-state index contributed by atoms with van der Waals surface area (Å²) in [5.41, 5.74) is 8.55. The summed E-state index contributed by atoms with van der Waals surface area (Å²) in [6, 6.07) is 9.05. The number of aromatic nitrogens is 4. The van der Waals surface area contributed by atoms with Gasteiger partial charge in [0.2, 0.25) is 5.95 Å². The van der Waals surface area contributed by atoms with Gasteiger partial charge in [-0.2, -0.15) is 0 Å². The van der Waals surface area contributed by atoms with Crippen molar-refractivity contribution in [3.8, 4) is 11.3 Å². The fourth-order valence-electron chi connectivity index (χ4n) is 2.93. The molecule has 2 aromatic heterocycles. The molecule has 0 spiro atoms. The summed E-state index contributed by atoms with van der Waals surface area (Å²) in [7, 11) is 0. The number of carbonyl (C=O) groups is 1. The molecule has 0 saturated carbocycles. The highest BCUT2D eigenvalue weighted by Gasteiger charge is 2.17. The number of nitrogens with one attached hydrogen (secondary N) is 1. The summed E-state index contributed by atoms with van der Waals surface area (Å²) < 4.78 is 7.12. The minimum Gasteiger partial charge on any atom is -0.376 e. The van der Waals surface area contributed by atoms with Gasteiger partial charge in [-0.3, -0.25) is 9.20 Å². The van der Waals surface area contributed by atoms with Crippen LogP contribution < -0.4 is 11.1 Å². The number of nitrogen functional groups attached to an aromatic ring is 1. The second-order valence-corrected chi connectivity index (χ2v) is 5.98. The van der Waals surface area contributed by atoms with Gasteiger partial charge in [0.1, 0.15) is 6.33 Å². The van der Waals surface area contributed by atoms with E-state index >= 15 is 0 Å². The third kappa shape index (κ3) is 3.16. The van der Waals surface area contributed by atoms with Crippen LogP contribution in [0.1, 0.15) is 23.2 Å². The van der Waals surface area contributed by atoms with E-state index in [4.69, 9.17) is 10.5 Å². The Kier molecular flexibility index (Phi) is 4.02. The molecule has 8 nitrogen and oxygen atoms in total. The molecule has 1 aliphatic heterocycles. The highest BCUT2D eigenvalue weighted by atomic mass is 16.5. The van der Waals surface area contributed by atoms with Crippen molar-refractivity contribution in [1.82, 2.24) is 24.9 Å². The maximum Gasteiger partial charge on any atom is 0.251 e. The molecular weight excluding hydrogens is 320 g/mol. The normalized spacial score (nSPS) is 17.0. The minimum atomic E-state index is -0.131. The van der Waals surface area contributed by atoms with Crippen molar-refractivity contribution in [3.63, 3.8) is 0 Å². The number of carbonyl (C=O) groups excluding carboxylic acids is 1. The Bertz CT molecular complexity index is 916. The molecule has 1 amide bonds. The van der Waals surface area contributed by atoms with E-state index in [0.717, 1.165) is 25.0 Å². The zero-order chi connectivity index (χ0) is 17.2. The number of ether oxygens (including phenoxy) is 1. The summed E-state index contributed by atoms with van der Waals surface area (Å²) in [6.07, 6.45) is 3.66. The molecule has 1 unspecified atom stereocenters. The van der Waals surface area contributed by atoms with Crippen molar-refractivity contribution in [3.05, 3.63) is 42.2 Å². The molecule has 1 aromatic carbocycles. The quantitative estimate of drug-likeness (QED) is 0.742. The van der Waals surface area contributed by atoms with Gasteiger partial charge in [0.15, 0.2) is 5.65 Å². The predicted molar refractivity (Wildman–Crippen MR) is 91.9 cm³/mol. The first-order valence-electron chi connectivity index (χ1n) is 8.17. The first-order chi connectivity index (χ1) is 12.2. The van der Waals surface area contributed by atoms with E-state index in [-0.39, 0.29) is 12.0 Å². The minimum absolute atomic E-state index is 0.115. The van der Waals surface area contributed by atoms with Crippen LogP contribution in [0.4, 0.5) is 5.95 Å². The van der Waals surface area contributed by atoms with Crippen LogP contribution in [0.15, 0.2) is 36.7 Å². The molecule has 4 rings (SSSR count). The number of amides is 1. The molecular formula is C17H18N6O2. The maximum atomic E-state index is 12.4. The van der Waals surface area contributed by atoms with Crippen LogP contribution in [0.5, 0.6) is 0 Å². The first-order valence-corrected chi connectivity index (χ1v) is 8.17. The van der Waals surface area contributed by atoms with Crippen molar-refractivity contribution in [2.24, 2.45) is 0 Å². The van der Waals surface area contributed by atoms with Gasteiger partial charge in [-0.1, -0.05) is 12.1 Å². The second-order valence-electron chi connectivity index (χ2n) is 5.98. The molecule has 3 heterocycles. The standard InChI is InChI=1S/C17H18N6O2/c18-17-21-14(8-15-22-20-10-23(15)17)11-3-1-4-12(7-11)16(24)19-9-13-5-2-6-25-13/h1,3-4,7-8,10,13H,2,5-6,9H2,(H2,18,21)(H,19,24). The monoisotopic (exact) mass is 338 g/mol. The SMILES string of the molecule is Nc1nc(-c2cccc(C(=O)NCC3CCCO3)c2)cc2nncn12. The smallest absolute Gasteiger partial charge is 0.251 e. The van der Waals surface area contributed by atoms with Gasteiger partial charge in [-0.05, 0) is 25.0 Å². The van der Waals surface area contributed by atoms with Gasteiger partial charge >= 0.3 is 0 Å². The molecule has 3 aromatic rings. The van der Waals surface area contributed by atoms with Crippen LogP contribution in [0.25, 0.3) is 16.9 Å². The molecule has 8 heteroatoms. The summed E-state index contributed by atoms with van der Waals surface area (Å²) >= 11 is 0. The Balaban J connectivity index is 1.56. The number of nitrogens with zero attached hydrogens (tertiary/aromatic N) is 4. The average Bonchev–Trinajstić information content (AvgIpc) is 3.31. The summed E-state index contributed by atoms with van der Waals surface area (Å²) in [5, 5.41) is 10.7. The largest absolute Gasteiger partial charge is 0.376 e. The van der Waals surface area contributed by atoms with Crippen molar-refractivity contribution in [1.29, 1.82) is 0 Å². The maximum absolute atomic E-state index is 12.4. The zero-order valence-corrected chi connectivity index (χ0v) is 13.6. The topological polar surface area (TPSA) is 107 Å². The lowest BCUT2D eigenvalue weighted by Crippen LogP contribution is -2.31. The molecule has 1 atom stereocenters. The van der Waals surface area contributed by atoms with Crippen LogP contribution in [-0.2, 0) is 4.74 Å². The van der Waals surface area contributed by atoms with Crippen LogP contribution in [0.3, 0.4) is 0 Å². The van der Waals surface area contributed by atoms with Crippen molar-refractivity contribution in [2.45, 2.75) is 18.9 Å². The third-order valence-electron chi connectivity index (χ3n) is 4.26. The van der Waals surface area contributed by atoms with E-state index in [1.165, 1.54) is 6.33 Å². The molecule has 1 saturated heterocycles. The molecule has 0 radical (unpaired) electrons. The van der Waals surface area contributed by atoms with Gasteiger partial charge in [0.05, 0.1) is 11.8 Å². The number of fused-ring (bicyclic) bond motifs is 1. The molecule has 0 aliphatic carbocycles. The number of nitrogens with two attached hydrogens (primary N) is 1. The van der Waals surface area contributed by atoms with Gasteiger partial charge in [-0.25, -0.2) is 4.98 Å². The summed E-state index contributed by atoms with van der Waals surface area (Å²) in [4.78, 5) is 16.7. The number of hydrogen-bond acceptors (Lipinski definition) is 6. The zero-order valence-electron chi connectivity index (χ0n) is 13.6. The average molecular weight is 338 g/mol. The Hall–Kier alpha value is -3.00. The number of rotatable bonds is 4. The number of anilines is 1. The van der Waals surface area contributed by atoms with Crippen molar-refractivity contribution >= 4 is 17.5 Å². The molecule has 25 heavy (non-hydrogen) atoms. The van der Waals surface area contributed by atoms with E-state index < -0.39 is 0 Å². The highest BCUT2D eigenvalue weighted by Crippen LogP contribution is 2.21. The van der Waals surface area contributed by atoms with Gasteiger partial charge in [0, 0.05) is 30.3 Å². The second kappa shape index (κ2) is 6.48. The Morgan fingerprint density at radius 3 is 3.16 bits per heavy atom. The lowest BCUT2D eigenvalue weighted by Gasteiger charge is -2.11. The summed E-state index contributed by atoms with van der Waals surface area (Å²) in [5.74, 6) is 0.166. The predicted octanol–water partition coefficient (Wildman–Crippen LogP) is 1.28. The van der Waals surface area contributed by atoms with E-state index in [1.807, 2.05) is 12.1 Å². The Morgan fingerprint density at radius 1 is 1.40 bits per heavy atom. The van der Waals surface area contributed by atoms with E-state index in [0.29, 0.717) is 29.4 Å². The molecule has 1 aliphatic rings. The van der Waals surface area contributed by atoms with Gasteiger partial charge < -0.3 is 15.8 Å². The molecule has 128 valence electrons. The Morgan fingerprint density at radius 2 is 2.32 bits per heavy atom. The molecule has 0 bridgehead atoms. The lowest BCUT2D eigenvalue weighted by molar-refractivity contribution is 0.0858. The number of benzene rings is 1. The fourth-order valence-corrected chi connectivity index (χ4v) is 2.93. The van der Waals surface area contributed by atoms with Crippen LogP contribution in [-0.4, -0.2) is 44.7 Å². The van der Waals surface area contributed by atoms with Gasteiger partial charge in [0.25, 0.3) is 5.91 Å². The van der Waals surface area contributed by atoms with E-state index in [9.17, 15) is 4.79 Å². The molecule has 1 fully saturated rings. The lowest BCUT2D eigenvalue weighted by atomic mass is 10.1. The summed E-state index contributed by atoms with van der Waals surface area (Å²) in [6.45, 7) is 1.30. The number of hydrogen-bond donors (Lipinski definition) is 2. The van der Waals surface area contributed by atoms with Crippen molar-refractivity contribution < 1.29 is 9.53 Å². The Labute approximate surface area is 144 Å². The van der Waals surface area contributed by atoms with E-state index in [2.05, 4.69) is 20.5 Å². The van der Waals surface area contributed by atoms with Crippen LogP contribution >= 0.6 is 0 Å². The van der Waals surface area contributed by atoms with Crippen LogP contribution in [0.2, 0.25) is 0 Å². The van der Waals surface area contributed by atoms with Gasteiger partial charge in [-0.15, -0.1) is 10.2 Å². The fraction of sp³-hybridized carbons (Fsp3) is 0.294. The van der Waals surface area contributed by atoms with E-state index in [1.54, 1.807) is 22.6 Å². The highest BCUT2D eigenvalue weighted by molar-refractivity contribution is 5.95. The first kappa shape index (κ1) is 15.5.